The molecule has 6 heteroatoms. The van der Waals surface area contributed by atoms with Gasteiger partial charge < -0.3 is 14.7 Å². The second-order valence-electron chi connectivity index (χ2n) is 3.22. The highest BCUT2D eigenvalue weighted by Crippen LogP contribution is 2.19. The van der Waals surface area contributed by atoms with Crippen LogP contribution in [-0.4, -0.2) is 52.8 Å². The van der Waals surface area contributed by atoms with E-state index >= 15 is 0 Å². The van der Waals surface area contributed by atoms with E-state index in [0.29, 0.717) is 18.9 Å². The minimum atomic E-state index is -0.878. The summed E-state index contributed by atoms with van der Waals surface area (Å²) in [5.74, 6) is 0.636. The van der Waals surface area contributed by atoms with Crippen LogP contribution in [0.5, 0.6) is 0 Å². The van der Waals surface area contributed by atoms with Gasteiger partial charge in [0.15, 0.2) is 0 Å². The second kappa shape index (κ2) is 5.85. The first kappa shape index (κ1) is 12.2. The Labute approximate surface area is 92.8 Å². The monoisotopic (exact) mass is 233 g/mol. The van der Waals surface area contributed by atoms with Crippen LogP contribution in [0.1, 0.15) is 13.3 Å². The first-order valence-corrected chi connectivity index (χ1v) is 6.03. The Hall–Kier alpha value is -0.910. The summed E-state index contributed by atoms with van der Waals surface area (Å²) in [5, 5.41) is 8.71. The van der Waals surface area contributed by atoms with Crippen molar-refractivity contribution in [1.29, 1.82) is 0 Å². The van der Waals surface area contributed by atoms with E-state index < -0.39 is 12.1 Å². The van der Waals surface area contributed by atoms with Crippen LogP contribution in [0.15, 0.2) is 0 Å². The maximum absolute atomic E-state index is 11.5. The lowest BCUT2D eigenvalue weighted by Gasteiger charge is -2.33. The van der Waals surface area contributed by atoms with Crippen molar-refractivity contribution >= 4 is 23.8 Å². The molecule has 15 heavy (non-hydrogen) atoms. The van der Waals surface area contributed by atoms with Crippen LogP contribution in [0.25, 0.3) is 0 Å². The molecule has 0 spiro atoms. The Kier molecular flexibility index (Phi) is 4.74. The van der Waals surface area contributed by atoms with Gasteiger partial charge in [-0.25, -0.2) is 4.79 Å². The van der Waals surface area contributed by atoms with Crippen LogP contribution in [0.4, 0.5) is 4.79 Å². The average Bonchev–Trinajstić information content (AvgIpc) is 2.18. The van der Waals surface area contributed by atoms with E-state index in [0.717, 1.165) is 5.75 Å². The third kappa shape index (κ3) is 3.62. The van der Waals surface area contributed by atoms with Gasteiger partial charge in [0.05, 0.1) is 19.1 Å². The SMILES string of the molecule is CCOC(=O)N1CCSCC1CC(=O)O. The van der Waals surface area contributed by atoms with E-state index in [1.165, 1.54) is 4.90 Å². The van der Waals surface area contributed by atoms with Crippen LogP contribution in [0.3, 0.4) is 0 Å². The lowest BCUT2D eigenvalue weighted by atomic mass is 10.2. The van der Waals surface area contributed by atoms with Crippen molar-refractivity contribution in [2.45, 2.75) is 19.4 Å². The fraction of sp³-hybridized carbons (Fsp3) is 0.778. The summed E-state index contributed by atoms with van der Waals surface area (Å²) in [7, 11) is 0. The number of hydrogen-bond donors (Lipinski definition) is 1. The summed E-state index contributed by atoms with van der Waals surface area (Å²) in [4.78, 5) is 23.6. The zero-order chi connectivity index (χ0) is 11.3. The van der Waals surface area contributed by atoms with Gasteiger partial charge in [-0.2, -0.15) is 11.8 Å². The lowest BCUT2D eigenvalue weighted by Crippen LogP contribution is -2.47. The molecule has 1 heterocycles. The van der Waals surface area contributed by atoms with Crippen LogP contribution in [-0.2, 0) is 9.53 Å². The van der Waals surface area contributed by atoms with Crippen molar-refractivity contribution in [1.82, 2.24) is 4.90 Å². The molecule has 0 radical (unpaired) electrons. The molecule has 0 bridgehead atoms. The molecule has 86 valence electrons. The Morgan fingerprint density at radius 1 is 1.60 bits per heavy atom. The van der Waals surface area contributed by atoms with E-state index in [4.69, 9.17) is 9.84 Å². The zero-order valence-electron chi connectivity index (χ0n) is 8.64. The highest BCUT2D eigenvalue weighted by Gasteiger charge is 2.29. The normalized spacial score (nSPS) is 21.1. The Morgan fingerprint density at radius 3 is 2.93 bits per heavy atom. The van der Waals surface area contributed by atoms with Gasteiger partial charge in [-0.05, 0) is 6.92 Å². The second-order valence-corrected chi connectivity index (χ2v) is 4.37. The number of carbonyl (C=O) groups excluding carboxylic acids is 1. The number of carboxylic acid groups (broad SMARTS) is 1. The van der Waals surface area contributed by atoms with Crippen molar-refractivity contribution in [2.75, 3.05) is 24.7 Å². The number of carbonyl (C=O) groups is 2. The molecule has 1 rings (SSSR count). The Bertz CT molecular complexity index is 246. The van der Waals surface area contributed by atoms with Crippen molar-refractivity contribution in [3.8, 4) is 0 Å². The summed E-state index contributed by atoms with van der Waals surface area (Å²) < 4.78 is 4.88. The van der Waals surface area contributed by atoms with Gasteiger partial charge in [0.1, 0.15) is 0 Å². The molecular formula is C9H15NO4S. The first-order chi connectivity index (χ1) is 7.15. The molecule has 1 fully saturated rings. The number of carboxylic acids is 1. The number of aliphatic carboxylic acids is 1. The van der Waals surface area contributed by atoms with Gasteiger partial charge in [0, 0.05) is 18.1 Å². The predicted molar refractivity (Wildman–Crippen MR) is 57.1 cm³/mol. The molecule has 0 saturated carbocycles. The largest absolute Gasteiger partial charge is 0.481 e. The highest BCUT2D eigenvalue weighted by atomic mass is 32.2. The van der Waals surface area contributed by atoms with Gasteiger partial charge >= 0.3 is 12.1 Å². The minimum absolute atomic E-state index is 0.00812. The number of nitrogens with zero attached hydrogens (tertiary/aromatic N) is 1. The number of rotatable bonds is 3. The number of hydrogen-bond acceptors (Lipinski definition) is 4. The summed E-state index contributed by atoms with van der Waals surface area (Å²) in [6.45, 7) is 2.63. The van der Waals surface area contributed by atoms with E-state index in [2.05, 4.69) is 0 Å². The fourth-order valence-electron chi connectivity index (χ4n) is 1.47. The highest BCUT2D eigenvalue weighted by molar-refractivity contribution is 7.99. The number of amides is 1. The molecule has 0 aromatic carbocycles. The van der Waals surface area contributed by atoms with Gasteiger partial charge in [-0.1, -0.05) is 0 Å². The molecule has 0 aromatic heterocycles. The molecule has 5 nitrogen and oxygen atoms in total. The third-order valence-corrected chi connectivity index (χ3v) is 3.23. The Morgan fingerprint density at radius 2 is 2.33 bits per heavy atom. The van der Waals surface area contributed by atoms with Crippen molar-refractivity contribution in [3.05, 3.63) is 0 Å². The van der Waals surface area contributed by atoms with Crippen LogP contribution < -0.4 is 0 Å². The van der Waals surface area contributed by atoms with Crippen LogP contribution >= 0.6 is 11.8 Å². The molecular weight excluding hydrogens is 218 g/mol. The summed E-state index contributed by atoms with van der Waals surface area (Å²) in [6.07, 6.45) is -0.407. The Balaban J connectivity index is 2.56. The molecule has 0 aromatic rings. The molecule has 1 unspecified atom stereocenters. The molecule has 1 aliphatic heterocycles. The van der Waals surface area contributed by atoms with Gasteiger partial charge in [-0.15, -0.1) is 0 Å². The van der Waals surface area contributed by atoms with E-state index in [1.807, 2.05) is 0 Å². The minimum Gasteiger partial charge on any atom is -0.481 e. The quantitative estimate of drug-likeness (QED) is 0.788. The molecule has 0 aliphatic carbocycles. The third-order valence-electron chi connectivity index (χ3n) is 2.14. The van der Waals surface area contributed by atoms with E-state index in [-0.39, 0.29) is 12.5 Å². The van der Waals surface area contributed by atoms with Gasteiger partial charge in [-0.3, -0.25) is 4.79 Å². The topological polar surface area (TPSA) is 66.8 Å². The molecule has 1 N–H and O–H groups in total. The van der Waals surface area contributed by atoms with Gasteiger partial charge in [0.25, 0.3) is 0 Å². The van der Waals surface area contributed by atoms with Crippen molar-refractivity contribution < 1.29 is 19.4 Å². The van der Waals surface area contributed by atoms with Crippen molar-refractivity contribution in [3.63, 3.8) is 0 Å². The smallest absolute Gasteiger partial charge is 0.410 e. The van der Waals surface area contributed by atoms with Crippen molar-refractivity contribution in [2.24, 2.45) is 0 Å². The standard InChI is InChI=1S/C9H15NO4S/c1-2-14-9(13)10-3-4-15-6-7(10)5-8(11)12/h7H,2-6H2,1H3,(H,11,12). The summed E-state index contributed by atoms with van der Waals surface area (Å²) in [6, 6.07) is -0.236. The predicted octanol–water partition coefficient (Wildman–Crippen LogP) is 1.03. The van der Waals surface area contributed by atoms with E-state index in [9.17, 15) is 9.59 Å². The van der Waals surface area contributed by atoms with Gasteiger partial charge in [0.2, 0.25) is 0 Å². The average molecular weight is 233 g/mol. The van der Waals surface area contributed by atoms with Crippen LogP contribution in [0.2, 0.25) is 0 Å². The molecule has 1 aliphatic rings. The maximum atomic E-state index is 11.5. The lowest BCUT2D eigenvalue weighted by molar-refractivity contribution is -0.138. The summed E-state index contributed by atoms with van der Waals surface area (Å²) >= 11 is 1.67. The number of thioether (sulfide) groups is 1. The molecule has 1 atom stereocenters. The molecule has 1 amide bonds. The first-order valence-electron chi connectivity index (χ1n) is 4.88. The van der Waals surface area contributed by atoms with E-state index in [1.54, 1.807) is 18.7 Å². The summed E-state index contributed by atoms with van der Waals surface area (Å²) in [5.41, 5.74) is 0. The fourth-order valence-corrected chi connectivity index (χ4v) is 2.53. The van der Waals surface area contributed by atoms with Crippen LogP contribution in [0, 0.1) is 0 Å². The number of ether oxygens (including phenoxy) is 1. The zero-order valence-corrected chi connectivity index (χ0v) is 9.46. The molecule has 1 saturated heterocycles. The maximum Gasteiger partial charge on any atom is 0.410 e.